The fourth-order valence-corrected chi connectivity index (χ4v) is 3.16. The summed E-state index contributed by atoms with van der Waals surface area (Å²) in [6, 6.07) is 11.6. The van der Waals surface area contributed by atoms with E-state index in [4.69, 9.17) is 11.6 Å². The summed E-state index contributed by atoms with van der Waals surface area (Å²) in [4.78, 5) is 9.38. The van der Waals surface area contributed by atoms with E-state index in [-0.39, 0.29) is 0 Å². The Balaban J connectivity index is 1.60. The molecule has 23 heavy (non-hydrogen) atoms. The molecular formula is C16H12ClN5S. The molecule has 7 heteroatoms. The topological polar surface area (TPSA) is 55.1 Å². The average molecular weight is 342 g/mol. The van der Waals surface area contributed by atoms with Gasteiger partial charge in [0.05, 0.1) is 11.9 Å². The predicted octanol–water partition coefficient (Wildman–Crippen LogP) is 4.12. The Morgan fingerprint density at radius 3 is 2.78 bits per heavy atom. The lowest BCUT2D eigenvalue weighted by molar-refractivity contribution is 0.966. The molecule has 0 saturated carbocycles. The van der Waals surface area contributed by atoms with E-state index >= 15 is 0 Å². The average Bonchev–Trinajstić information content (AvgIpc) is 3.15. The fourth-order valence-electron chi connectivity index (χ4n) is 2.26. The van der Waals surface area contributed by atoms with Crippen molar-refractivity contribution in [3.63, 3.8) is 0 Å². The first kappa shape index (κ1) is 14.2. The molecule has 0 aliphatic heterocycles. The van der Waals surface area contributed by atoms with Crippen LogP contribution in [0.1, 0.15) is 5.56 Å². The molecule has 0 saturated heterocycles. The Morgan fingerprint density at radius 2 is 2.00 bits per heavy atom. The first-order valence-electron chi connectivity index (χ1n) is 7.03. The molecule has 0 aliphatic rings. The van der Waals surface area contributed by atoms with Crippen LogP contribution in [0.15, 0.2) is 55.0 Å². The second kappa shape index (κ2) is 5.98. The van der Waals surface area contributed by atoms with E-state index in [0.717, 1.165) is 26.9 Å². The molecule has 3 heterocycles. The number of rotatable bonds is 4. The Labute approximate surface area is 141 Å². The number of hydrogen-bond donors (Lipinski definition) is 1. The highest BCUT2D eigenvalue weighted by Crippen LogP contribution is 2.27. The number of fused-ring (bicyclic) bond motifs is 1. The first-order chi connectivity index (χ1) is 11.3. The molecule has 5 nitrogen and oxygen atoms in total. The van der Waals surface area contributed by atoms with Gasteiger partial charge in [-0.05, 0) is 23.8 Å². The lowest BCUT2D eigenvalue weighted by atomic mass is 10.2. The molecule has 0 radical (unpaired) electrons. The zero-order valence-corrected chi connectivity index (χ0v) is 13.6. The highest BCUT2D eigenvalue weighted by molar-refractivity contribution is 7.20. The molecule has 0 atom stereocenters. The largest absolute Gasteiger partial charge is 0.356 e. The van der Waals surface area contributed by atoms with E-state index in [1.807, 2.05) is 53.3 Å². The lowest BCUT2D eigenvalue weighted by Crippen LogP contribution is -2.00. The zero-order chi connectivity index (χ0) is 15.6. The molecule has 114 valence electrons. The van der Waals surface area contributed by atoms with Crippen LogP contribution in [0, 0.1) is 0 Å². The van der Waals surface area contributed by atoms with Gasteiger partial charge in [-0.2, -0.15) is 0 Å². The normalized spacial score (nSPS) is 11.0. The second-order valence-corrected chi connectivity index (χ2v) is 6.36. The number of imidazole rings is 1. The molecule has 0 unspecified atom stereocenters. The molecule has 3 aromatic heterocycles. The monoisotopic (exact) mass is 341 g/mol. The molecule has 1 aromatic carbocycles. The van der Waals surface area contributed by atoms with Crippen LogP contribution < -0.4 is 5.32 Å². The minimum Gasteiger partial charge on any atom is -0.356 e. The Morgan fingerprint density at radius 1 is 1.13 bits per heavy atom. The summed E-state index contributed by atoms with van der Waals surface area (Å²) in [5.74, 6) is 0. The Bertz CT molecular complexity index is 930. The van der Waals surface area contributed by atoms with Crippen LogP contribution in [0.2, 0.25) is 5.02 Å². The molecule has 0 spiro atoms. The van der Waals surface area contributed by atoms with E-state index in [1.54, 1.807) is 6.20 Å². The predicted molar refractivity (Wildman–Crippen MR) is 92.9 cm³/mol. The van der Waals surface area contributed by atoms with Gasteiger partial charge in [0.2, 0.25) is 10.1 Å². The van der Waals surface area contributed by atoms with E-state index < -0.39 is 0 Å². The standard InChI is InChI=1S/C16H12ClN5S/c17-13-5-3-12(4-6-13)14-10-20-16-22(14)21-15(23-16)19-9-11-2-1-7-18-8-11/h1-8,10H,9H2,(H,19,21). The van der Waals surface area contributed by atoms with Gasteiger partial charge in [0.25, 0.3) is 0 Å². The lowest BCUT2D eigenvalue weighted by Gasteiger charge is -2.01. The highest BCUT2D eigenvalue weighted by Gasteiger charge is 2.11. The molecular weight excluding hydrogens is 330 g/mol. The summed E-state index contributed by atoms with van der Waals surface area (Å²) < 4.78 is 1.85. The van der Waals surface area contributed by atoms with Gasteiger partial charge >= 0.3 is 0 Å². The van der Waals surface area contributed by atoms with Crippen molar-refractivity contribution in [2.75, 3.05) is 5.32 Å². The zero-order valence-electron chi connectivity index (χ0n) is 12.0. The Hall–Kier alpha value is -2.44. The van der Waals surface area contributed by atoms with Gasteiger partial charge in [0.15, 0.2) is 0 Å². The van der Waals surface area contributed by atoms with Gasteiger partial charge in [-0.15, -0.1) is 5.10 Å². The third-order valence-electron chi connectivity index (χ3n) is 3.39. The van der Waals surface area contributed by atoms with Crippen molar-refractivity contribution in [3.8, 4) is 11.3 Å². The Kier molecular flexibility index (Phi) is 3.69. The first-order valence-corrected chi connectivity index (χ1v) is 8.22. The smallest absolute Gasteiger partial charge is 0.214 e. The van der Waals surface area contributed by atoms with Crippen LogP contribution in [-0.2, 0) is 6.54 Å². The summed E-state index contributed by atoms with van der Waals surface area (Å²) >= 11 is 7.46. The minimum atomic E-state index is 0.681. The van der Waals surface area contributed by atoms with Gasteiger partial charge in [-0.25, -0.2) is 9.50 Å². The van der Waals surface area contributed by atoms with Gasteiger partial charge in [0, 0.05) is 29.5 Å². The van der Waals surface area contributed by atoms with Crippen molar-refractivity contribution >= 4 is 33.0 Å². The molecule has 4 aromatic rings. The van der Waals surface area contributed by atoms with Crippen molar-refractivity contribution in [2.24, 2.45) is 0 Å². The van der Waals surface area contributed by atoms with E-state index in [0.29, 0.717) is 11.6 Å². The third-order valence-corrected chi connectivity index (χ3v) is 4.52. The third kappa shape index (κ3) is 2.91. The van der Waals surface area contributed by atoms with Gasteiger partial charge in [0.1, 0.15) is 0 Å². The van der Waals surface area contributed by atoms with Gasteiger partial charge in [-0.3, -0.25) is 4.98 Å². The summed E-state index contributed by atoms with van der Waals surface area (Å²) in [6.07, 6.45) is 5.43. The minimum absolute atomic E-state index is 0.681. The number of anilines is 1. The molecule has 0 bridgehead atoms. The molecule has 0 amide bonds. The van der Waals surface area contributed by atoms with Crippen molar-refractivity contribution in [1.29, 1.82) is 0 Å². The number of nitrogens with zero attached hydrogens (tertiary/aromatic N) is 4. The van der Waals surface area contributed by atoms with Crippen molar-refractivity contribution < 1.29 is 0 Å². The summed E-state index contributed by atoms with van der Waals surface area (Å²) in [6.45, 7) is 0.681. The number of nitrogens with one attached hydrogen (secondary N) is 1. The number of halogens is 1. The number of aromatic nitrogens is 4. The van der Waals surface area contributed by atoms with Crippen LogP contribution >= 0.6 is 22.9 Å². The van der Waals surface area contributed by atoms with Crippen LogP contribution in [0.5, 0.6) is 0 Å². The molecule has 0 aliphatic carbocycles. The van der Waals surface area contributed by atoms with Crippen LogP contribution in [-0.4, -0.2) is 19.6 Å². The maximum atomic E-state index is 5.94. The van der Waals surface area contributed by atoms with E-state index in [9.17, 15) is 0 Å². The number of pyridine rings is 1. The summed E-state index contributed by atoms with van der Waals surface area (Å²) in [7, 11) is 0. The maximum absolute atomic E-state index is 5.94. The SMILES string of the molecule is Clc1ccc(-c2cnc3sc(NCc4cccnc4)nn23)cc1. The van der Waals surface area contributed by atoms with Gasteiger partial charge in [-0.1, -0.05) is 41.1 Å². The van der Waals surface area contributed by atoms with Crippen LogP contribution in [0.3, 0.4) is 0 Å². The summed E-state index contributed by atoms with van der Waals surface area (Å²) in [5, 5.41) is 9.45. The molecule has 1 N–H and O–H groups in total. The second-order valence-electron chi connectivity index (χ2n) is 4.97. The molecule has 0 fully saturated rings. The van der Waals surface area contributed by atoms with E-state index in [2.05, 4.69) is 20.4 Å². The maximum Gasteiger partial charge on any atom is 0.214 e. The van der Waals surface area contributed by atoms with Crippen molar-refractivity contribution in [3.05, 3.63) is 65.6 Å². The van der Waals surface area contributed by atoms with Crippen LogP contribution in [0.4, 0.5) is 5.13 Å². The van der Waals surface area contributed by atoms with Crippen molar-refractivity contribution in [2.45, 2.75) is 6.54 Å². The number of benzene rings is 1. The van der Waals surface area contributed by atoms with Gasteiger partial charge < -0.3 is 5.32 Å². The quantitative estimate of drug-likeness (QED) is 0.606. The van der Waals surface area contributed by atoms with Crippen LogP contribution in [0.25, 0.3) is 16.2 Å². The van der Waals surface area contributed by atoms with Crippen molar-refractivity contribution in [1.82, 2.24) is 19.6 Å². The number of hydrogen-bond acceptors (Lipinski definition) is 5. The molecule has 4 rings (SSSR count). The summed E-state index contributed by atoms with van der Waals surface area (Å²) in [5.41, 5.74) is 3.09. The fraction of sp³-hybridized carbons (Fsp3) is 0.0625. The van der Waals surface area contributed by atoms with E-state index in [1.165, 1.54) is 11.3 Å². The highest BCUT2D eigenvalue weighted by atomic mass is 35.5.